The number of nitrogens with zero attached hydrogens (tertiary/aromatic N) is 3. The molecule has 2 N–H and O–H groups in total. The molecule has 1 aliphatic rings. The Hall–Kier alpha value is -3.49. The Bertz CT molecular complexity index is 1860. The Balaban J connectivity index is 1.73. The van der Waals surface area contributed by atoms with Crippen LogP contribution in [-0.4, -0.2) is 32.0 Å². The lowest BCUT2D eigenvalue weighted by molar-refractivity contribution is 0.104. The van der Waals surface area contributed by atoms with Crippen molar-refractivity contribution in [2.45, 2.75) is 49.3 Å². The summed E-state index contributed by atoms with van der Waals surface area (Å²) in [6, 6.07) is 17.3. The maximum atomic E-state index is 13.7. The van der Waals surface area contributed by atoms with Gasteiger partial charge in [-0.3, -0.25) is 4.90 Å². The SMILES string of the molecule is Cc1ccc(S(=O)(=O)n2ccc3c(C(C)(N)N4Cc5ccc(C#N)cc5C4)c(S(C)(=O)=O)cc(C)c32)cc1. The number of nitriles is 1. The molecule has 1 atom stereocenters. The molecule has 196 valence electrons. The molecule has 0 amide bonds. The van der Waals surface area contributed by atoms with Crippen molar-refractivity contribution < 1.29 is 16.8 Å². The number of aromatic nitrogens is 1. The molecule has 5 rings (SSSR count). The highest BCUT2D eigenvalue weighted by molar-refractivity contribution is 7.91. The van der Waals surface area contributed by atoms with Crippen LogP contribution in [0.4, 0.5) is 0 Å². The van der Waals surface area contributed by atoms with Gasteiger partial charge in [0, 0.05) is 36.5 Å². The van der Waals surface area contributed by atoms with Crippen molar-refractivity contribution in [1.29, 1.82) is 5.26 Å². The van der Waals surface area contributed by atoms with Gasteiger partial charge in [0.05, 0.1) is 32.6 Å². The van der Waals surface area contributed by atoms with E-state index in [-0.39, 0.29) is 9.79 Å². The van der Waals surface area contributed by atoms with E-state index in [1.807, 2.05) is 24.0 Å². The molecule has 10 heteroatoms. The van der Waals surface area contributed by atoms with E-state index in [9.17, 15) is 22.1 Å². The van der Waals surface area contributed by atoms with Gasteiger partial charge in [-0.15, -0.1) is 0 Å². The fraction of sp³-hybridized carbons (Fsp3) is 0.250. The van der Waals surface area contributed by atoms with Crippen molar-refractivity contribution in [2.75, 3.05) is 6.26 Å². The zero-order valence-electron chi connectivity index (χ0n) is 21.6. The first kappa shape index (κ1) is 26.1. The molecule has 0 bridgehead atoms. The number of fused-ring (bicyclic) bond motifs is 2. The lowest BCUT2D eigenvalue weighted by Crippen LogP contribution is -2.49. The molecule has 8 nitrogen and oxygen atoms in total. The van der Waals surface area contributed by atoms with Crippen LogP contribution in [0.3, 0.4) is 0 Å². The third-order valence-corrected chi connectivity index (χ3v) is 10.1. The number of hydrogen-bond donors (Lipinski definition) is 1. The van der Waals surface area contributed by atoms with E-state index in [4.69, 9.17) is 5.73 Å². The minimum atomic E-state index is -3.96. The first-order valence-electron chi connectivity index (χ1n) is 12.0. The highest BCUT2D eigenvalue weighted by Gasteiger charge is 2.39. The average Bonchev–Trinajstić information content (AvgIpc) is 3.49. The molecule has 2 heterocycles. The maximum absolute atomic E-state index is 13.7. The zero-order chi connectivity index (χ0) is 27.6. The molecular weight excluding hydrogens is 520 g/mol. The third kappa shape index (κ3) is 4.12. The largest absolute Gasteiger partial charge is 0.309 e. The smallest absolute Gasteiger partial charge is 0.268 e. The van der Waals surface area contributed by atoms with Crippen LogP contribution in [0.2, 0.25) is 0 Å². The molecule has 4 aromatic rings. The Labute approximate surface area is 222 Å². The van der Waals surface area contributed by atoms with Crippen LogP contribution in [-0.2, 0) is 38.6 Å². The van der Waals surface area contributed by atoms with Crippen molar-refractivity contribution in [3.05, 3.63) is 94.2 Å². The topological polar surface area (TPSA) is 126 Å². The third-order valence-electron chi connectivity index (χ3n) is 7.29. The Morgan fingerprint density at radius 2 is 1.61 bits per heavy atom. The predicted molar refractivity (Wildman–Crippen MR) is 145 cm³/mol. The molecule has 0 fully saturated rings. The van der Waals surface area contributed by atoms with Crippen LogP contribution < -0.4 is 5.73 Å². The highest BCUT2D eigenvalue weighted by atomic mass is 32.2. The summed E-state index contributed by atoms with van der Waals surface area (Å²) >= 11 is 0. The van der Waals surface area contributed by atoms with E-state index in [0.717, 1.165) is 22.9 Å². The van der Waals surface area contributed by atoms with Gasteiger partial charge >= 0.3 is 0 Å². The lowest BCUT2D eigenvalue weighted by atomic mass is 9.95. The van der Waals surface area contributed by atoms with E-state index >= 15 is 0 Å². The first-order valence-corrected chi connectivity index (χ1v) is 15.3. The van der Waals surface area contributed by atoms with Crippen LogP contribution in [0.1, 0.15) is 40.3 Å². The summed E-state index contributed by atoms with van der Waals surface area (Å²) in [5.74, 6) is 0. The molecule has 1 aromatic heterocycles. The maximum Gasteiger partial charge on any atom is 0.268 e. The minimum Gasteiger partial charge on any atom is -0.309 e. The summed E-state index contributed by atoms with van der Waals surface area (Å²) in [5, 5.41) is 9.76. The molecule has 38 heavy (non-hydrogen) atoms. The quantitative estimate of drug-likeness (QED) is 0.401. The van der Waals surface area contributed by atoms with Crippen LogP contribution in [0.15, 0.2) is 70.6 Å². The predicted octanol–water partition coefficient (Wildman–Crippen LogP) is 3.92. The van der Waals surface area contributed by atoms with Crippen LogP contribution in [0.5, 0.6) is 0 Å². The Morgan fingerprint density at radius 1 is 0.947 bits per heavy atom. The van der Waals surface area contributed by atoms with Gasteiger partial charge in [0.2, 0.25) is 0 Å². The monoisotopic (exact) mass is 548 g/mol. The molecule has 3 aromatic carbocycles. The van der Waals surface area contributed by atoms with Crippen molar-refractivity contribution in [3.8, 4) is 6.07 Å². The highest BCUT2D eigenvalue weighted by Crippen LogP contribution is 2.41. The van der Waals surface area contributed by atoms with E-state index in [0.29, 0.717) is 40.7 Å². The van der Waals surface area contributed by atoms with Crippen LogP contribution in [0, 0.1) is 25.2 Å². The van der Waals surface area contributed by atoms with Gasteiger partial charge in [0.15, 0.2) is 9.84 Å². The molecule has 1 aliphatic heterocycles. The second kappa shape index (κ2) is 8.78. The summed E-state index contributed by atoms with van der Waals surface area (Å²) in [6.45, 7) is 6.19. The second-order valence-electron chi connectivity index (χ2n) is 10.1. The molecule has 1 unspecified atom stereocenters. The van der Waals surface area contributed by atoms with Gasteiger partial charge in [0.1, 0.15) is 0 Å². The Kier molecular flexibility index (Phi) is 6.04. The number of nitrogens with two attached hydrogens (primary N) is 1. The summed E-state index contributed by atoms with van der Waals surface area (Å²) in [4.78, 5) is 2.14. The van der Waals surface area contributed by atoms with Crippen molar-refractivity contribution >= 4 is 30.8 Å². The summed E-state index contributed by atoms with van der Waals surface area (Å²) in [6.07, 6.45) is 2.58. The van der Waals surface area contributed by atoms with Crippen molar-refractivity contribution in [3.63, 3.8) is 0 Å². The number of hydrogen-bond acceptors (Lipinski definition) is 7. The van der Waals surface area contributed by atoms with E-state index in [1.165, 1.54) is 16.2 Å². The van der Waals surface area contributed by atoms with E-state index in [2.05, 4.69) is 6.07 Å². The normalized spacial score (nSPS) is 15.8. The summed E-state index contributed by atoms with van der Waals surface area (Å²) < 4.78 is 54.6. The summed E-state index contributed by atoms with van der Waals surface area (Å²) in [7, 11) is -7.69. The van der Waals surface area contributed by atoms with Gasteiger partial charge < -0.3 is 5.73 Å². The zero-order valence-corrected chi connectivity index (χ0v) is 23.2. The van der Waals surface area contributed by atoms with Gasteiger partial charge in [-0.2, -0.15) is 5.26 Å². The minimum absolute atomic E-state index is 0.0617. The molecule has 0 radical (unpaired) electrons. The summed E-state index contributed by atoms with van der Waals surface area (Å²) in [5.41, 5.74) is 10.4. The van der Waals surface area contributed by atoms with Crippen molar-refractivity contribution in [2.24, 2.45) is 5.73 Å². The van der Waals surface area contributed by atoms with Crippen LogP contribution >= 0.6 is 0 Å². The standard InChI is InChI=1S/C28H28N4O4S2/c1-18-5-9-23(10-6-18)38(35,36)32-12-11-24-26(25(37(4,33)34)13-19(2)27(24)32)28(3,30)31-16-21-8-7-20(15-29)14-22(21)17-31/h5-14H,16-17,30H2,1-4H3. The fourth-order valence-electron chi connectivity index (χ4n) is 5.26. The number of rotatable bonds is 5. The van der Waals surface area contributed by atoms with E-state index < -0.39 is 25.5 Å². The first-order chi connectivity index (χ1) is 17.7. The van der Waals surface area contributed by atoms with Gasteiger partial charge in [-0.05, 0) is 73.9 Å². The number of sulfone groups is 1. The number of benzene rings is 3. The average molecular weight is 549 g/mol. The molecule has 0 aliphatic carbocycles. The van der Waals surface area contributed by atoms with Crippen LogP contribution in [0.25, 0.3) is 10.9 Å². The molecule has 0 saturated heterocycles. The lowest BCUT2D eigenvalue weighted by Gasteiger charge is -2.37. The van der Waals surface area contributed by atoms with Gasteiger partial charge in [-0.25, -0.2) is 20.8 Å². The number of aryl methyl sites for hydroxylation is 2. The van der Waals surface area contributed by atoms with Crippen molar-refractivity contribution in [1.82, 2.24) is 8.87 Å². The molecule has 0 saturated carbocycles. The fourth-order valence-corrected chi connectivity index (χ4v) is 7.75. The van der Waals surface area contributed by atoms with Gasteiger partial charge in [0.25, 0.3) is 10.0 Å². The van der Waals surface area contributed by atoms with E-state index in [1.54, 1.807) is 50.2 Å². The molecular formula is C28H28N4O4S2. The Morgan fingerprint density at radius 3 is 2.24 bits per heavy atom. The second-order valence-corrected chi connectivity index (χ2v) is 13.9. The van der Waals surface area contributed by atoms with Gasteiger partial charge in [-0.1, -0.05) is 23.8 Å². The molecule has 0 spiro atoms.